The Hall–Kier alpha value is -1.69. The Bertz CT molecular complexity index is 655. The lowest BCUT2D eigenvalue weighted by atomic mass is 10.2. The van der Waals surface area contributed by atoms with Gasteiger partial charge in [-0.3, -0.25) is 14.2 Å². The number of rotatable bonds is 3. The second kappa shape index (κ2) is 5.13. The highest BCUT2D eigenvalue weighted by molar-refractivity contribution is 7.17. The van der Waals surface area contributed by atoms with E-state index in [1.54, 1.807) is 0 Å². The van der Waals surface area contributed by atoms with Crippen LogP contribution in [-0.4, -0.2) is 21.5 Å². The van der Waals surface area contributed by atoms with Crippen molar-refractivity contribution in [1.82, 2.24) is 14.9 Å². The lowest BCUT2D eigenvalue weighted by Crippen LogP contribution is -2.37. The van der Waals surface area contributed by atoms with Gasteiger partial charge < -0.3 is 5.32 Å². The summed E-state index contributed by atoms with van der Waals surface area (Å²) in [5.41, 5.74) is 0.559. The predicted octanol–water partition coefficient (Wildman–Crippen LogP) is 1.52. The number of amides is 1. The van der Waals surface area contributed by atoms with Crippen molar-refractivity contribution in [2.45, 2.75) is 38.3 Å². The number of fused-ring (bicyclic) bond motifs is 1. The Labute approximate surface area is 114 Å². The van der Waals surface area contributed by atoms with Gasteiger partial charge in [-0.1, -0.05) is 12.8 Å². The van der Waals surface area contributed by atoms with Crippen LogP contribution < -0.4 is 10.9 Å². The third-order valence-corrected chi connectivity index (χ3v) is 4.36. The van der Waals surface area contributed by atoms with Gasteiger partial charge in [-0.2, -0.15) is 0 Å². The minimum absolute atomic E-state index is 0.0518. The van der Waals surface area contributed by atoms with Gasteiger partial charge in [-0.15, -0.1) is 11.3 Å². The van der Waals surface area contributed by atoms with Crippen LogP contribution in [0.2, 0.25) is 0 Å². The number of nitrogens with zero attached hydrogens (tertiary/aromatic N) is 2. The summed E-state index contributed by atoms with van der Waals surface area (Å²) < 4.78 is 1.99. The van der Waals surface area contributed by atoms with Crippen LogP contribution in [0.3, 0.4) is 0 Å². The van der Waals surface area contributed by atoms with Crippen LogP contribution in [-0.2, 0) is 11.3 Å². The molecule has 1 amide bonds. The van der Waals surface area contributed by atoms with E-state index in [1.807, 2.05) is 11.4 Å². The average Bonchev–Trinajstić information content (AvgIpc) is 3.03. The van der Waals surface area contributed by atoms with Crippen LogP contribution in [0.1, 0.15) is 25.7 Å². The molecule has 2 aromatic heterocycles. The van der Waals surface area contributed by atoms with Crippen molar-refractivity contribution in [3.8, 4) is 0 Å². The van der Waals surface area contributed by atoms with E-state index in [9.17, 15) is 9.59 Å². The normalized spacial score (nSPS) is 16.0. The molecule has 1 N–H and O–H groups in total. The van der Waals surface area contributed by atoms with Crippen LogP contribution in [0.4, 0.5) is 0 Å². The van der Waals surface area contributed by atoms with E-state index in [4.69, 9.17) is 0 Å². The van der Waals surface area contributed by atoms with E-state index in [0.717, 1.165) is 12.8 Å². The lowest BCUT2D eigenvalue weighted by molar-refractivity contribution is -0.122. The summed E-state index contributed by atoms with van der Waals surface area (Å²) in [5.74, 6) is -0.105. The molecule has 2 heterocycles. The number of thiophene rings is 1. The number of carbonyl (C=O) groups excluding carboxylic acids is 1. The Morgan fingerprint density at radius 3 is 3.05 bits per heavy atom. The van der Waals surface area contributed by atoms with Crippen LogP contribution in [0.15, 0.2) is 22.6 Å². The van der Waals surface area contributed by atoms with Gasteiger partial charge in [0.05, 0.1) is 11.8 Å². The second-order valence-electron chi connectivity index (χ2n) is 4.86. The highest BCUT2D eigenvalue weighted by Gasteiger charge is 2.17. The summed E-state index contributed by atoms with van der Waals surface area (Å²) >= 11 is 1.36. The molecule has 0 aliphatic heterocycles. The van der Waals surface area contributed by atoms with Crippen molar-refractivity contribution in [2.24, 2.45) is 0 Å². The summed E-state index contributed by atoms with van der Waals surface area (Å²) in [6.45, 7) is 0.0518. The van der Waals surface area contributed by atoms with E-state index in [2.05, 4.69) is 10.3 Å². The summed E-state index contributed by atoms with van der Waals surface area (Å²) in [6, 6.07) is 2.09. The molecule has 3 rings (SSSR count). The van der Waals surface area contributed by atoms with E-state index in [1.165, 1.54) is 35.1 Å². The molecule has 0 atom stereocenters. The molecule has 0 radical (unpaired) electrons. The molecule has 100 valence electrons. The number of hydrogen-bond donors (Lipinski definition) is 1. The van der Waals surface area contributed by atoms with Crippen molar-refractivity contribution in [1.29, 1.82) is 0 Å². The molecule has 5 nitrogen and oxygen atoms in total. The van der Waals surface area contributed by atoms with Crippen molar-refractivity contribution in [2.75, 3.05) is 0 Å². The van der Waals surface area contributed by atoms with Gasteiger partial charge in [0.1, 0.15) is 11.2 Å². The zero-order valence-electron chi connectivity index (χ0n) is 10.5. The number of nitrogens with one attached hydrogen (secondary N) is 1. The van der Waals surface area contributed by atoms with E-state index in [-0.39, 0.29) is 24.1 Å². The molecule has 0 aromatic carbocycles. The molecule has 1 fully saturated rings. The molecule has 1 aliphatic carbocycles. The zero-order chi connectivity index (χ0) is 13.2. The first-order chi connectivity index (χ1) is 9.24. The van der Waals surface area contributed by atoms with Gasteiger partial charge >= 0.3 is 0 Å². The Kier molecular flexibility index (Phi) is 3.33. The van der Waals surface area contributed by atoms with Crippen molar-refractivity contribution in [3.63, 3.8) is 0 Å². The maximum absolute atomic E-state index is 12.1. The first-order valence-electron chi connectivity index (χ1n) is 6.46. The van der Waals surface area contributed by atoms with E-state index in [0.29, 0.717) is 10.2 Å². The first kappa shape index (κ1) is 12.3. The molecule has 1 saturated carbocycles. The second-order valence-corrected chi connectivity index (χ2v) is 5.78. The molecular weight excluding hydrogens is 262 g/mol. The molecule has 0 unspecified atom stereocenters. The highest BCUT2D eigenvalue weighted by Crippen LogP contribution is 2.17. The van der Waals surface area contributed by atoms with Crippen molar-refractivity contribution >= 4 is 27.5 Å². The summed E-state index contributed by atoms with van der Waals surface area (Å²) in [6.07, 6.45) is 5.89. The van der Waals surface area contributed by atoms with Crippen LogP contribution >= 0.6 is 11.3 Å². The maximum Gasteiger partial charge on any atom is 0.271 e. The molecule has 6 heteroatoms. The van der Waals surface area contributed by atoms with E-state index < -0.39 is 0 Å². The first-order valence-corrected chi connectivity index (χ1v) is 7.34. The molecule has 19 heavy (non-hydrogen) atoms. The Morgan fingerprint density at radius 2 is 2.26 bits per heavy atom. The summed E-state index contributed by atoms with van der Waals surface area (Å²) in [5, 5.41) is 4.81. The number of carbonyl (C=O) groups is 1. The lowest BCUT2D eigenvalue weighted by Gasteiger charge is -2.12. The molecule has 0 bridgehead atoms. The molecular formula is C13H15N3O2S. The average molecular weight is 277 g/mol. The topological polar surface area (TPSA) is 64.0 Å². The largest absolute Gasteiger partial charge is 0.352 e. The third-order valence-electron chi connectivity index (χ3n) is 3.47. The predicted molar refractivity (Wildman–Crippen MR) is 74.3 cm³/mol. The molecule has 0 saturated heterocycles. The number of aromatic nitrogens is 2. The summed E-state index contributed by atoms with van der Waals surface area (Å²) in [7, 11) is 0. The Balaban J connectivity index is 1.75. The van der Waals surface area contributed by atoms with Gasteiger partial charge in [0.15, 0.2) is 0 Å². The van der Waals surface area contributed by atoms with Gasteiger partial charge in [0.2, 0.25) is 5.91 Å². The fourth-order valence-electron chi connectivity index (χ4n) is 2.49. The van der Waals surface area contributed by atoms with Crippen LogP contribution in [0.5, 0.6) is 0 Å². The molecule has 2 aromatic rings. The van der Waals surface area contributed by atoms with Crippen molar-refractivity contribution in [3.05, 3.63) is 28.1 Å². The van der Waals surface area contributed by atoms with E-state index >= 15 is 0 Å². The minimum Gasteiger partial charge on any atom is -0.352 e. The zero-order valence-corrected chi connectivity index (χ0v) is 11.3. The van der Waals surface area contributed by atoms with Gasteiger partial charge in [0.25, 0.3) is 5.56 Å². The smallest absolute Gasteiger partial charge is 0.271 e. The number of hydrogen-bond acceptors (Lipinski definition) is 4. The maximum atomic E-state index is 12.1. The standard InChI is InChI=1S/C13H15N3O2S/c17-11(15-9-3-1-2-4-9)7-16-8-14-10-5-6-19-12(10)13(16)18/h5-6,8-9H,1-4,7H2,(H,15,17). The quantitative estimate of drug-likeness (QED) is 0.925. The van der Waals surface area contributed by atoms with Crippen molar-refractivity contribution < 1.29 is 4.79 Å². The van der Waals surface area contributed by atoms with Crippen LogP contribution in [0, 0.1) is 0 Å². The monoisotopic (exact) mass is 277 g/mol. The Morgan fingerprint density at radius 1 is 1.47 bits per heavy atom. The fraction of sp³-hybridized carbons (Fsp3) is 0.462. The SMILES string of the molecule is O=C(Cn1cnc2ccsc2c1=O)NC1CCCC1. The van der Waals surface area contributed by atoms with Gasteiger partial charge in [0, 0.05) is 6.04 Å². The van der Waals surface area contributed by atoms with Gasteiger partial charge in [-0.05, 0) is 24.3 Å². The highest BCUT2D eigenvalue weighted by atomic mass is 32.1. The fourth-order valence-corrected chi connectivity index (χ4v) is 3.28. The summed E-state index contributed by atoms with van der Waals surface area (Å²) in [4.78, 5) is 28.2. The molecule has 0 spiro atoms. The van der Waals surface area contributed by atoms with Crippen LogP contribution in [0.25, 0.3) is 10.2 Å². The minimum atomic E-state index is -0.137. The third kappa shape index (κ3) is 2.53. The molecule has 1 aliphatic rings. The van der Waals surface area contributed by atoms with Gasteiger partial charge in [-0.25, -0.2) is 4.98 Å².